The molecule has 0 radical (unpaired) electrons. The fraction of sp³-hybridized carbons (Fsp3) is 0.200. The normalized spacial score (nSPS) is 11.1. The number of rotatable bonds is 4. The lowest BCUT2D eigenvalue weighted by Gasteiger charge is -2.01. The maximum Gasteiger partial charge on any atom is 0.247 e. The molecule has 102 valence electrons. The highest BCUT2D eigenvalue weighted by Crippen LogP contribution is 2.25. The molecule has 0 spiro atoms. The van der Waals surface area contributed by atoms with Crippen LogP contribution in [0.25, 0.3) is 22.2 Å². The molecule has 0 aliphatic carbocycles. The molecule has 5 heteroatoms. The summed E-state index contributed by atoms with van der Waals surface area (Å²) < 4.78 is 6.75. The predicted molar refractivity (Wildman–Crippen MR) is 82.6 cm³/mol. The van der Waals surface area contributed by atoms with Crippen LogP contribution < -0.4 is 5.32 Å². The summed E-state index contributed by atoms with van der Waals surface area (Å²) in [6.07, 6.45) is 0.740. The van der Waals surface area contributed by atoms with Crippen LogP contribution in [0.1, 0.15) is 5.89 Å². The maximum absolute atomic E-state index is 5.67. The number of likely N-dealkylation sites (N-methyl/N-ethyl adjacent to an activating group) is 1. The molecule has 0 saturated heterocycles. The van der Waals surface area contributed by atoms with Gasteiger partial charge in [-0.2, -0.15) is 0 Å². The minimum atomic E-state index is 0.570. The summed E-state index contributed by atoms with van der Waals surface area (Å²) >= 11 is 3.48. The van der Waals surface area contributed by atoms with Crippen LogP contribution in [0.2, 0.25) is 0 Å². The van der Waals surface area contributed by atoms with E-state index in [1.807, 2.05) is 19.2 Å². The molecule has 4 nitrogen and oxygen atoms in total. The molecule has 3 aromatic rings. The highest BCUT2D eigenvalue weighted by molar-refractivity contribution is 9.10. The molecular formula is C15H14BrN3O. The van der Waals surface area contributed by atoms with E-state index in [-0.39, 0.29) is 0 Å². The molecule has 0 fully saturated rings. The van der Waals surface area contributed by atoms with E-state index in [0.29, 0.717) is 11.8 Å². The summed E-state index contributed by atoms with van der Waals surface area (Å²) in [5, 5.41) is 13.6. The zero-order valence-electron chi connectivity index (χ0n) is 11.1. The zero-order chi connectivity index (χ0) is 13.9. The first-order chi connectivity index (χ1) is 9.76. The van der Waals surface area contributed by atoms with Crippen molar-refractivity contribution in [3.05, 3.63) is 46.8 Å². The molecule has 20 heavy (non-hydrogen) atoms. The van der Waals surface area contributed by atoms with Gasteiger partial charge in [0.25, 0.3) is 0 Å². The number of hydrogen-bond donors (Lipinski definition) is 1. The van der Waals surface area contributed by atoms with E-state index in [1.165, 1.54) is 5.39 Å². The molecule has 0 amide bonds. The molecule has 1 heterocycles. The Balaban J connectivity index is 1.93. The van der Waals surface area contributed by atoms with E-state index < -0.39 is 0 Å². The average Bonchev–Trinajstić information content (AvgIpc) is 2.93. The molecule has 0 aliphatic rings. The fourth-order valence-electron chi connectivity index (χ4n) is 2.05. The van der Waals surface area contributed by atoms with Crippen LogP contribution in [0.3, 0.4) is 0 Å². The van der Waals surface area contributed by atoms with Crippen LogP contribution in [0, 0.1) is 0 Å². The first-order valence-electron chi connectivity index (χ1n) is 6.43. The van der Waals surface area contributed by atoms with Crippen molar-refractivity contribution in [2.75, 3.05) is 13.6 Å². The van der Waals surface area contributed by atoms with Gasteiger partial charge in [0, 0.05) is 23.0 Å². The van der Waals surface area contributed by atoms with E-state index in [9.17, 15) is 0 Å². The van der Waals surface area contributed by atoms with Gasteiger partial charge in [-0.1, -0.05) is 28.1 Å². The van der Waals surface area contributed by atoms with Gasteiger partial charge in [0.05, 0.1) is 0 Å². The van der Waals surface area contributed by atoms with E-state index >= 15 is 0 Å². The second-order valence-electron chi connectivity index (χ2n) is 4.56. The number of aromatic nitrogens is 2. The summed E-state index contributed by atoms with van der Waals surface area (Å²) in [7, 11) is 1.90. The highest BCUT2D eigenvalue weighted by atomic mass is 79.9. The number of nitrogens with zero attached hydrogens (tertiary/aromatic N) is 2. The maximum atomic E-state index is 5.67. The number of fused-ring (bicyclic) bond motifs is 1. The van der Waals surface area contributed by atoms with Crippen LogP contribution >= 0.6 is 15.9 Å². The second kappa shape index (κ2) is 5.73. The summed E-state index contributed by atoms with van der Waals surface area (Å²) in [5.41, 5.74) is 0.947. The molecule has 0 atom stereocenters. The van der Waals surface area contributed by atoms with Crippen molar-refractivity contribution in [2.45, 2.75) is 6.42 Å². The summed E-state index contributed by atoms with van der Waals surface area (Å²) in [6, 6.07) is 12.3. The lowest BCUT2D eigenvalue weighted by molar-refractivity contribution is 0.500. The molecule has 3 rings (SSSR count). The molecule has 0 bridgehead atoms. The van der Waals surface area contributed by atoms with Gasteiger partial charge >= 0.3 is 0 Å². The Bertz CT molecular complexity index is 739. The monoisotopic (exact) mass is 331 g/mol. The third-order valence-electron chi connectivity index (χ3n) is 3.10. The molecule has 0 aliphatic heterocycles. The van der Waals surface area contributed by atoms with Crippen molar-refractivity contribution in [3.63, 3.8) is 0 Å². The molecule has 1 aromatic heterocycles. The SMILES string of the molecule is CNCCc1nnc(-c2ccc3cc(Br)ccc3c2)o1. The number of halogens is 1. The number of benzene rings is 2. The van der Waals surface area contributed by atoms with E-state index in [4.69, 9.17) is 4.42 Å². The lowest BCUT2D eigenvalue weighted by Crippen LogP contribution is -2.10. The molecule has 1 N–H and O–H groups in total. The Morgan fingerprint density at radius 1 is 1.10 bits per heavy atom. The fourth-order valence-corrected chi connectivity index (χ4v) is 2.43. The van der Waals surface area contributed by atoms with Gasteiger partial charge in [0.1, 0.15) is 0 Å². The van der Waals surface area contributed by atoms with Gasteiger partial charge in [-0.25, -0.2) is 0 Å². The molecule has 2 aromatic carbocycles. The Morgan fingerprint density at radius 3 is 2.75 bits per heavy atom. The third kappa shape index (κ3) is 2.73. The van der Waals surface area contributed by atoms with Crippen LogP contribution in [0.5, 0.6) is 0 Å². The van der Waals surface area contributed by atoms with Crippen molar-refractivity contribution < 1.29 is 4.42 Å². The van der Waals surface area contributed by atoms with Gasteiger partial charge in [-0.15, -0.1) is 10.2 Å². The Kier molecular flexibility index (Phi) is 3.80. The Labute approximate surface area is 125 Å². The van der Waals surface area contributed by atoms with Crippen molar-refractivity contribution in [2.24, 2.45) is 0 Å². The van der Waals surface area contributed by atoms with Crippen molar-refractivity contribution in [1.29, 1.82) is 0 Å². The summed E-state index contributed by atoms with van der Waals surface area (Å²) in [4.78, 5) is 0. The Morgan fingerprint density at radius 2 is 1.90 bits per heavy atom. The van der Waals surface area contributed by atoms with E-state index in [2.05, 4.69) is 55.7 Å². The highest BCUT2D eigenvalue weighted by Gasteiger charge is 2.08. The third-order valence-corrected chi connectivity index (χ3v) is 3.60. The van der Waals surface area contributed by atoms with Crippen LogP contribution in [0.4, 0.5) is 0 Å². The summed E-state index contributed by atoms with van der Waals surface area (Å²) in [5.74, 6) is 1.23. The number of hydrogen-bond acceptors (Lipinski definition) is 4. The summed E-state index contributed by atoms with van der Waals surface area (Å²) in [6.45, 7) is 0.827. The van der Waals surface area contributed by atoms with E-state index in [1.54, 1.807) is 0 Å². The zero-order valence-corrected chi connectivity index (χ0v) is 12.6. The van der Waals surface area contributed by atoms with Gasteiger partial charge in [-0.05, 0) is 42.1 Å². The van der Waals surface area contributed by atoms with Gasteiger partial charge in [0.2, 0.25) is 11.8 Å². The van der Waals surface area contributed by atoms with Crippen LogP contribution in [0.15, 0.2) is 45.3 Å². The molecule has 0 saturated carbocycles. The topological polar surface area (TPSA) is 51.0 Å². The van der Waals surface area contributed by atoms with Crippen LogP contribution in [-0.2, 0) is 6.42 Å². The quantitative estimate of drug-likeness (QED) is 0.795. The van der Waals surface area contributed by atoms with Gasteiger partial charge in [0.15, 0.2) is 0 Å². The largest absolute Gasteiger partial charge is 0.421 e. The average molecular weight is 332 g/mol. The second-order valence-corrected chi connectivity index (χ2v) is 5.48. The smallest absolute Gasteiger partial charge is 0.247 e. The first kappa shape index (κ1) is 13.3. The van der Waals surface area contributed by atoms with Gasteiger partial charge < -0.3 is 9.73 Å². The lowest BCUT2D eigenvalue weighted by atomic mass is 10.1. The minimum absolute atomic E-state index is 0.570. The first-order valence-corrected chi connectivity index (χ1v) is 7.22. The van der Waals surface area contributed by atoms with Crippen molar-refractivity contribution >= 4 is 26.7 Å². The molecular weight excluding hydrogens is 318 g/mol. The standard InChI is InChI=1S/C15H14BrN3O/c1-17-7-6-14-18-19-15(20-14)12-3-2-11-9-13(16)5-4-10(11)8-12/h2-5,8-9,17H,6-7H2,1H3. The van der Waals surface area contributed by atoms with Crippen LogP contribution in [-0.4, -0.2) is 23.8 Å². The van der Waals surface area contributed by atoms with Crippen molar-refractivity contribution in [3.8, 4) is 11.5 Å². The number of nitrogens with one attached hydrogen (secondary N) is 1. The minimum Gasteiger partial charge on any atom is -0.421 e. The predicted octanol–water partition coefficient (Wildman–Crippen LogP) is 3.41. The molecule has 0 unspecified atom stereocenters. The van der Waals surface area contributed by atoms with Crippen molar-refractivity contribution in [1.82, 2.24) is 15.5 Å². The van der Waals surface area contributed by atoms with E-state index in [0.717, 1.165) is 28.4 Å². The Hall–Kier alpha value is -1.72. The van der Waals surface area contributed by atoms with Gasteiger partial charge in [-0.3, -0.25) is 0 Å².